The van der Waals surface area contributed by atoms with E-state index >= 15 is 0 Å². The van der Waals surface area contributed by atoms with Crippen molar-refractivity contribution in [3.63, 3.8) is 0 Å². The van der Waals surface area contributed by atoms with Crippen LogP contribution in [0.25, 0.3) is 4.85 Å². The van der Waals surface area contributed by atoms with Crippen LogP contribution in [-0.2, 0) is 6.42 Å². The lowest BCUT2D eigenvalue weighted by Crippen LogP contribution is -2.10. The molecule has 0 unspecified atom stereocenters. The second-order valence-corrected chi connectivity index (χ2v) is 7.71. The molecular formula is C21H18N2O3S. The molecule has 4 rings (SSSR count). The number of aryl methyl sites for hydroxylation is 2. The van der Waals surface area contributed by atoms with E-state index in [0.29, 0.717) is 10.6 Å². The number of hydrogen-bond donors (Lipinski definition) is 2. The Bertz CT molecular complexity index is 1110. The van der Waals surface area contributed by atoms with Crippen LogP contribution in [0, 0.1) is 13.5 Å². The van der Waals surface area contributed by atoms with Gasteiger partial charge in [-0.05, 0) is 67.1 Å². The van der Waals surface area contributed by atoms with E-state index in [1.165, 1.54) is 5.56 Å². The highest BCUT2D eigenvalue weighted by Gasteiger charge is 2.26. The van der Waals surface area contributed by atoms with Crippen molar-refractivity contribution in [3.8, 4) is 17.4 Å². The number of thiazole rings is 1. The van der Waals surface area contributed by atoms with Gasteiger partial charge in [0.2, 0.25) is 5.88 Å². The van der Waals surface area contributed by atoms with Crippen molar-refractivity contribution in [2.24, 2.45) is 0 Å². The fourth-order valence-corrected chi connectivity index (χ4v) is 4.52. The molecule has 0 aliphatic heterocycles. The van der Waals surface area contributed by atoms with Crippen LogP contribution in [0.4, 0.5) is 5.69 Å². The molecule has 1 aliphatic carbocycles. The normalized spacial score (nSPS) is 15.8. The van der Waals surface area contributed by atoms with Crippen LogP contribution in [0.5, 0.6) is 17.4 Å². The van der Waals surface area contributed by atoms with Crippen molar-refractivity contribution in [1.82, 2.24) is 4.98 Å². The number of aromatic amines is 1. The van der Waals surface area contributed by atoms with E-state index < -0.39 is 0 Å². The molecule has 0 spiro atoms. The molecule has 3 aromatic rings. The Kier molecular flexibility index (Phi) is 4.46. The van der Waals surface area contributed by atoms with Gasteiger partial charge in [0.25, 0.3) is 0 Å². The smallest absolute Gasteiger partial charge is 0.307 e. The van der Waals surface area contributed by atoms with Gasteiger partial charge < -0.3 is 9.84 Å². The van der Waals surface area contributed by atoms with Crippen molar-refractivity contribution in [2.45, 2.75) is 32.1 Å². The van der Waals surface area contributed by atoms with Gasteiger partial charge in [-0.15, -0.1) is 0 Å². The quantitative estimate of drug-likeness (QED) is 0.611. The van der Waals surface area contributed by atoms with E-state index in [0.717, 1.165) is 53.2 Å². The number of rotatable bonds is 3. The Morgan fingerprint density at radius 1 is 1.30 bits per heavy atom. The first-order valence-corrected chi connectivity index (χ1v) is 9.57. The van der Waals surface area contributed by atoms with Gasteiger partial charge in [-0.1, -0.05) is 23.5 Å². The average molecular weight is 378 g/mol. The third kappa shape index (κ3) is 3.34. The summed E-state index contributed by atoms with van der Waals surface area (Å²) < 4.78 is 6.04. The van der Waals surface area contributed by atoms with Gasteiger partial charge in [0.15, 0.2) is 5.69 Å². The highest BCUT2D eigenvalue weighted by atomic mass is 32.1. The van der Waals surface area contributed by atoms with Crippen molar-refractivity contribution in [3.05, 3.63) is 79.1 Å². The lowest BCUT2D eigenvalue weighted by atomic mass is 9.82. The molecule has 6 heteroatoms. The molecule has 1 aromatic heterocycles. The van der Waals surface area contributed by atoms with Crippen molar-refractivity contribution in [1.29, 1.82) is 0 Å². The van der Waals surface area contributed by atoms with Crippen LogP contribution in [0.15, 0.2) is 41.2 Å². The molecular weight excluding hydrogens is 360 g/mol. The third-order valence-electron chi connectivity index (χ3n) is 4.92. The number of H-pyrrole nitrogens is 1. The average Bonchev–Trinajstić information content (AvgIpc) is 3.00. The van der Waals surface area contributed by atoms with E-state index in [1.807, 2.05) is 37.3 Å². The van der Waals surface area contributed by atoms with Crippen molar-refractivity contribution < 1.29 is 9.84 Å². The largest absolute Gasteiger partial charge is 0.494 e. The molecule has 2 N–H and O–H groups in total. The lowest BCUT2D eigenvalue weighted by molar-refractivity contribution is 0.443. The Morgan fingerprint density at radius 3 is 2.85 bits per heavy atom. The number of aromatic nitrogens is 1. The molecule has 27 heavy (non-hydrogen) atoms. The van der Waals surface area contributed by atoms with E-state index in [4.69, 9.17) is 11.3 Å². The minimum absolute atomic E-state index is 0.0151. The summed E-state index contributed by atoms with van der Waals surface area (Å²) in [5.74, 6) is 1.50. The second kappa shape index (κ2) is 6.93. The molecule has 1 heterocycles. The van der Waals surface area contributed by atoms with Crippen molar-refractivity contribution >= 4 is 17.0 Å². The number of hydrogen-bond acceptors (Lipinski definition) is 4. The Balaban J connectivity index is 1.65. The molecule has 0 radical (unpaired) electrons. The van der Waals surface area contributed by atoms with Gasteiger partial charge in [0.05, 0.1) is 11.4 Å². The van der Waals surface area contributed by atoms with Crippen LogP contribution >= 0.6 is 11.3 Å². The zero-order valence-corrected chi connectivity index (χ0v) is 15.6. The van der Waals surface area contributed by atoms with E-state index in [9.17, 15) is 9.90 Å². The number of nitrogens with zero attached hydrogens (tertiary/aromatic N) is 1. The first kappa shape index (κ1) is 17.4. The molecule has 0 amide bonds. The van der Waals surface area contributed by atoms with Crippen LogP contribution < -0.4 is 9.61 Å². The summed E-state index contributed by atoms with van der Waals surface area (Å²) in [6.07, 6.45) is 2.84. The lowest BCUT2D eigenvalue weighted by Gasteiger charge is -2.25. The zero-order valence-electron chi connectivity index (χ0n) is 14.8. The van der Waals surface area contributed by atoms with Crippen LogP contribution in [-0.4, -0.2) is 10.1 Å². The maximum atomic E-state index is 11.6. The summed E-state index contributed by atoms with van der Waals surface area (Å²) in [7, 11) is 0. The fourth-order valence-electron chi connectivity index (χ4n) is 3.64. The number of nitrogens with one attached hydrogen (secondary N) is 1. The Hall–Kier alpha value is -3.04. The van der Waals surface area contributed by atoms with Gasteiger partial charge >= 0.3 is 4.87 Å². The van der Waals surface area contributed by atoms with E-state index in [-0.39, 0.29) is 16.7 Å². The van der Waals surface area contributed by atoms with Crippen LogP contribution in [0.2, 0.25) is 0 Å². The predicted octanol–water partition coefficient (Wildman–Crippen LogP) is 5.26. The SMILES string of the molecule is [C-]#[N+]c1ccc(Oc2ccc3c(c2)CCC[C@H]3c2sc(=O)[nH]c2O)c(C)c1. The summed E-state index contributed by atoms with van der Waals surface area (Å²) >= 11 is 1.08. The highest BCUT2D eigenvalue weighted by Crippen LogP contribution is 2.42. The van der Waals surface area contributed by atoms with Gasteiger partial charge in [-0.2, -0.15) is 0 Å². The molecule has 0 fully saturated rings. The minimum atomic E-state index is -0.229. The summed E-state index contributed by atoms with van der Waals surface area (Å²) in [5.41, 5.74) is 3.83. The molecule has 5 nitrogen and oxygen atoms in total. The van der Waals surface area contributed by atoms with Crippen LogP contribution in [0.1, 0.15) is 40.3 Å². The van der Waals surface area contributed by atoms with E-state index in [1.54, 1.807) is 6.07 Å². The topological polar surface area (TPSA) is 66.7 Å². The minimum Gasteiger partial charge on any atom is -0.494 e. The fraction of sp³-hybridized carbons (Fsp3) is 0.238. The molecule has 1 aliphatic rings. The second-order valence-electron chi connectivity index (χ2n) is 6.70. The summed E-state index contributed by atoms with van der Waals surface area (Å²) in [6, 6.07) is 11.4. The van der Waals surface area contributed by atoms with Gasteiger partial charge in [0, 0.05) is 5.92 Å². The van der Waals surface area contributed by atoms with Crippen molar-refractivity contribution in [2.75, 3.05) is 0 Å². The molecule has 1 atom stereocenters. The number of benzene rings is 2. The molecule has 0 saturated heterocycles. The van der Waals surface area contributed by atoms with Gasteiger partial charge in [-0.25, -0.2) is 4.85 Å². The third-order valence-corrected chi connectivity index (χ3v) is 5.90. The first-order chi connectivity index (χ1) is 13.0. The van der Waals surface area contributed by atoms with Crippen LogP contribution in [0.3, 0.4) is 0 Å². The number of aromatic hydroxyl groups is 1. The van der Waals surface area contributed by atoms with E-state index in [2.05, 4.69) is 9.83 Å². The molecule has 136 valence electrons. The monoisotopic (exact) mass is 378 g/mol. The highest BCUT2D eigenvalue weighted by molar-refractivity contribution is 7.09. The summed E-state index contributed by atoms with van der Waals surface area (Å²) in [6.45, 7) is 9.01. The summed E-state index contributed by atoms with van der Waals surface area (Å²) in [4.78, 5) is 17.9. The maximum Gasteiger partial charge on any atom is 0.307 e. The maximum absolute atomic E-state index is 11.6. The van der Waals surface area contributed by atoms with Gasteiger partial charge in [-0.3, -0.25) is 9.78 Å². The molecule has 2 aromatic carbocycles. The van der Waals surface area contributed by atoms with Gasteiger partial charge in [0.1, 0.15) is 11.5 Å². The number of ether oxygens (including phenoxy) is 1. The summed E-state index contributed by atoms with van der Waals surface area (Å²) in [5, 5.41) is 10.0. The Morgan fingerprint density at radius 2 is 2.15 bits per heavy atom. The standard InChI is InChI=1S/C21H18N2O3S/c1-12-10-14(22-2)6-9-18(12)26-15-7-8-16-13(11-15)4-3-5-17(16)19-20(24)23-21(25)27-19/h6-11,17,24H,3-5H2,1H3,(H,23,25)/t17-/m1/s1. The number of fused-ring (bicyclic) bond motifs is 1. The molecule has 0 bridgehead atoms. The Labute approximate surface area is 160 Å². The first-order valence-electron chi connectivity index (χ1n) is 8.76. The predicted molar refractivity (Wildman–Crippen MR) is 105 cm³/mol. The zero-order chi connectivity index (χ0) is 19.0. The molecule has 0 saturated carbocycles.